The van der Waals surface area contributed by atoms with Gasteiger partial charge in [-0.05, 0) is 48.6 Å². The van der Waals surface area contributed by atoms with Gasteiger partial charge in [0, 0.05) is 22.2 Å². The van der Waals surface area contributed by atoms with Crippen molar-refractivity contribution in [2.45, 2.75) is 25.3 Å². The monoisotopic (exact) mass is 353 g/mol. The number of benzene rings is 2. The lowest BCUT2D eigenvalue weighted by atomic mass is 9.76. The smallest absolute Gasteiger partial charge is 0.337 e. The van der Waals surface area contributed by atoms with E-state index >= 15 is 0 Å². The quantitative estimate of drug-likeness (QED) is 0.591. The van der Waals surface area contributed by atoms with Crippen LogP contribution < -0.4 is 5.32 Å². The van der Waals surface area contributed by atoms with E-state index in [0.717, 1.165) is 17.1 Å². The molecule has 1 aliphatic heterocycles. The number of rotatable bonds is 2. The van der Waals surface area contributed by atoms with Crippen LogP contribution in [0.2, 0.25) is 5.02 Å². The Morgan fingerprint density at radius 3 is 2.68 bits per heavy atom. The molecule has 0 saturated carbocycles. The van der Waals surface area contributed by atoms with E-state index in [1.807, 2.05) is 30.3 Å². The molecule has 0 saturated heterocycles. The predicted octanol–water partition coefficient (Wildman–Crippen LogP) is 5.26. The lowest BCUT2D eigenvalue weighted by molar-refractivity contribution is 0.0600. The number of ether oxygens (including phenoxy) is 1. The summed E-state index contributed by atoms with van der Waals surface area (Å²) in [6.07, 6.45) is 5.55. The van der Waals surface area contributed by atoms with Crippen molar-refractivity contribution in [3.63, 3.8) is 0 Å². The lowest BCUT2D eigenvalue weighted by Gasteiger charge is -2.38. The molecule has 25 heavy (non-hydrogen) atoms. The van der Waals surface area contributed by atoms with Gasteiger partial charge in [0.25, 0.3) is 0 Å². The summed E-state index contributed by atoms with van der Waals surface area (Å²) in [7, 11) is 1.40. The maximum Gasteiger partial charge on any atom is 0.337 e. The second-order valence-corrected chi connectivity index (χ2v) is 7.15. The topological polar surface area (TPSA) is 38.3 Å². The van der Waals surface area contributed by atoms with Crippen LogP contribution in [0.5, 0.6) is 0 Å². The van der Waals surface area contributed by atoms with Gasteiger partial charge < -0.3 is 10.1 Å². The minimum Gasteiger partial charge on any atom is -0.465 e. The van der Waals surface area contributed by atoms with Crippen LogP contribution in [0, 0.1) is 12.8 Å². The highest BCUT2D eigenvalue weighted by molar-refractivity contribution is 6.32. The molecule has 0 bridgehead atoms. The molecule has 0 aromatic heterocycles. The number of halogens is 1. The molecule has 128 valence electrons. The fraction of sp³-hybridized carbons (Fsp3) is 0.286. The largest absolute Gasteiger partial charge is 0.465 e. The number of hydrogen-bond donors (Lipinski definition) is 1. The van der Waals surface area contributed by atoms with Gasteiger partial charge in [-0.2, -0.15) is 0 Å². The summed E-state index contributed by atoms with van der Waals surface area (Å²) in [6.45, 7) is 2.11. The molecule has 4 rings (SSSR count). The van der Waals surface area contributed by atoms with Crippen LogP contribution in [-0.2, 0) is 4.74 Å². The summed E-state index contributed by atoms with van der Waals surface area (Å²) >= 11 is 6.52. The first-order valence-electron chi connectivity index (χ1n) is 8.50. The van der Waals surface area contributed by atoms with Gasteiger partial charge in [-0.15, -0.1) is 0 Å². The number of nitrogens with one attached hydrogen (secondary N) is 1. The molecule has 2 aliphatic rings. The molecule has 2 aromatic rings. The molecule has 0 fully saturated rings. The van der Waals surface area contributed by atoms with Gasteiger partial charge in [0.15, 0.2) is 0 Å². The minimum absolute atomic E-state index is 0.191. The van der Waals surface area contributed by atoms with Gasteiger partial charge in [-0.25, -0.2) is 4.79 Å². The van der Waals surface area contributed by atoms with E-state index in [0.29, 0.717) is 17.4 Å². The number of carbonyl (C=O) groups excluding carboxylic acids is 1. The number of hydrogen-bond acceptors (Lipinski definition) is 3. The van der Waals surface area contributed by atoms with Crippen LogP contribution in [0.25, 0.3) is 0 Å². The van der Waals surface area contributed by atoms with E-state index in [1.165, 1.54) is 23.8 Å². The van der Waals surface area contributed by atoms with E-state index in [1.54, 1.807) is 0 Å². The highest BCUT2D eigenvalue weighted by atomic mass is 35.5. The molecule has 2 aromatic carbocycles. The summed E-state index contributed by atoms with van der Waals surface area (Å²) in [5.74, 6) is 0.446. The first kappa shape index (κ1) is 16.2. The maximum atomic E-state index is 11.7. The average Bonchev–Trinajstić information content (AvgIpc) is 3.13. The first-order chi connectivity index (χ1) is 12.1. The van der Waals surface area contributed by atoms with Crippen molar-refractivity contribution < 1.29 is 9.53 Å². The van der Waals surface area contributed by atoms with Crippen molar-refractivity contribution in [1.29, 1.82) is 0 Å². The van der Waals surface area contributed by atoms with Crippen molar-refractivity contribution >= 4 is 23.3 Å². The zero-order valence-corrected chi connectivity index (χ0v) is 15.0. The Balaban J connectivity index is 1.74. The van der Waals surface area contributed by atoms with Gasteiger partial charge >= 0.3 is 5.97 Å². The van der Waals surface area contributed by atoms with Crippen molar-refractivity contribution in [1.82, 2.24) is 0 Å². The molecular formula is C21H20ClNO2. The molecule has 3 nitrogen and oxygen atoms in total. The van der Waals surface area contributed by atoms with Crippen molar-refractivity contribution in [3.8, 4) is 0 Å². The molecule has 0 amide bonds. The maximum absolute atomic E-state index is 11.7. The van der Waals surface area contributed by atoms with Crippen molar-refractivity contribution in [2.24, 2.45) is 5.92 Å². The predicted molar refractivity (Wildman–Crippen MR) is 100 cm³/mol. The summed E-state index contributed by atoms with van der Waals surface area (Å²) in [5.41, 5.74) is 5.30. The standard InChI is InChI=1S/C21H20ClNO2/c1-12-6-11-17(22)18-15-4-3-5-16(15)20(23-19(12)18)13-7-9-14(10-8-13)21(24)25-2/h3-4,6-11,15-16,20,23H,5H2,1-2H3. The van der Waals surface area contributed by atoms with Gasteiger partial charge in [0.05, 0.1) is 18.7 Å². The normalized spacial score (nSPS) is 23.6. The Hall–Kier alpha value is -2.26. The summed E-state index contributed by atoms with van der Waals surface area (Å²) in [4.78, 5) is 11.7. The van der Waals surface area contributed by atoms with Crippen molar-refractivity contribution in [3.05, 3.63) is 75.8 Å². The van der Waals surface area contributed by atoms with E-state index in [9.17, 15) is 4.79 Å². The second kappa shape index (κ2) is 6.23. The SMILES string of the molecule is COC(=O)c1ccc(C2Nc3c(C)ccc(Cl)c3C3C=CCC32)cc1. The van der Waals surface area contributed by atoms with E-state index in [4.69, 9.17) is 16.3 Å². The molecule has 0 radical (unpaired) electrons. The third-order valence-electron chi connectivity index (χ3n) is 5.37. The molecule has 0 spiro atoms. The Kier molecular flexibility index (Phi) is 4.04. The number of carbonyl (C=O) groups is 1. The van der Waals surface area contributed by atoms with Crippen LogP contribution in [-0.4, -0.2) is 13.1 Å². The molecule has 3 unspecified atom stereocenters. The lowest BCUT2D eigenvalue weighted by Crippen LogP contribution is -2.29. The minimum atomic E-state index is -0.309. The molecule has 1 aliphatic carbocycles. The zero-order valence-electron chi connectivity index (χ0n) is 14.3. The third-order valence-corrected chi connectivity index (χ3v) is 5.70. The molecule has 4 heteroatoms. The highest BCUT2D eigenvalue weighted by Gasteiger charge is 2.39. The first-order valence-corrected chi connectivity index (χ1v) is 8.88. The Labute approximate surface area is 152 Å². The third kappa shape index (κ3) is 2.63. The number of anilines is 1. The van der Waals surface area contributed by atoms with E-state index in [-0.39, 0.29) is 12.0 Å². The van der Waals surface area contributed by atoms with E-state index in [2.05, 4.69) is 30.5 Å². The van der Waals surface area contributed by atoms with E-state index < -0.39 is 0 Å². The van der Waals surface area contributed by atoms with Gasteiger partial charge in [0.2, 0.25) is 0 Å². The number of allylic oxidation sites excluding steroid dienone is 2. The Morgan fingerprint density at radius 1 is 1.20 bits per heavy atom. The number of methoxy groups -OCH3 is 1. The second-order valence-electron chi connectivity index (χ2n) is 6.74. The average molecular weight is 354 g/mol. The molecule has 1 N–H and O–H groups in total. The fourth-order valence-electron chi connectivity index (χ4n) is 4.08. The zero-order chi connectivity index (χ0) is 17.6. The molecule has 3 atom stereocenters. The molecule has 1 heterocycles. The number of fused-ring (bicyclic) bond motifs is 3. The highest BCUT2D eigenvalue weighted by Crippen LogP contribution is 2.52. The summed E-state index contributed by atoms with van der Waals surface area (Å²) < 4.78 is 4.79. The van der Waals surface area contributed by atoms with Crippen LogP contribution in [0.3, 0.4) is 0 Å². The van der Waals surface area contributed by atoms with Gasteiger partial charge in [-0.3, -0.25) is 0 Å². The Morgan fingerprint density at radius 2 is 1.96 bits per heavy atom. The fourth-order valence-corrected chi connectivity index (χ4v) is 4.37. The van der Waals surface area contributed by atoms with Crippen LogP contribution >= 0.6 is 11.6 Å². The van der Waals surface area contributed by atoms with Gasteiger partial charge in [0.1, 0.15) is 0 Å². The summed E-state index contributed by atoms with van der Waals surface area (Å²) in [6, 6.07) is 11.9. The molecular weight excluding hydrogens is 334 g/mol. The number of esters is 1. The van der Waals surface area contributed by atoms with Crippen LogP contribution in [0.4, 0.5) is 5.69 Å². The van der Waals surface area contributed by atoms with Crippen molar-refractivity contribution in [2.75, 3.05) is 12.4 Å². The van der Waals surface area contributed by atoms with Gasteiger partial charge in [-0.1, -0.05) is 42.0 Å². The van der Waals surface area contributed by atoms with Crippen LogP contribution in [0.1, 0.15) is 45.4 Å². The number of aryl methyl sites for hydroxylation is 1. The van der Waals surface area contributed by atoms with Crippen LogP contribution in [0.15, 0.2) is 48.6 Å². The summed E-state index contributed by atoms with van der Waals surface area (Å²) in [5, 5.41) is 4.54. The Bertz CT molecular complexity index is 857.